The van der Waals surface area contributed by atoms with Crippen molar-refractivity contribution in [1.82, 2.24) is 4.98 Å². The first-order valence-corrected chi connectivity index (χ1v) is 12.6. The van der Waals surface area contributed by atoms with Crippen LogP contribution in [0.2, 0.25) is 5.02 Å². The molecule has 1 unspecified atom stereocenters. The summed E-state index contributed by atoms with van der Waals surface area (Å²) in [7, 11) is 0. The van der Waals surface area contributed by atoms with Gasteiger partial charge in [-0.05, 0) is 49.7 Å². The van der Waals surface area contributed by atoms with Crippen LogP contribution in [0.5, 0.6) is 5.75 Å². The summed E-state index contributed by atoms with van der Waals surface area (Å²) in [5.74, 6) is -0.626. The third-order valence-electron chi connectivity index (χ3n) is 5.83. The Morgan fingerprint density at radius 2 is 2.08 bits per heavy atom. The van der Waals surface area contributed by atoms with E-state index in [1.54, 1.807) is 43.3 Å². The average Bonchev–Trinajstić information content (AvgIpc) is 3.41. The number of halogens is 1. The maximum Gasteiger partial charge on any atom is 0.350 e. The molecule has 0 saturated carbocycles. The second-order valence-corrected chi connectivity index (χ2v) is 9.61. The van der Waals surface area contributed by atoms with Crippen LogP contribution >= 0.6 is 22.9 Å². The predicted molar refractivity (Wildman–Crippen MR) is 141 cm³/mol. The van der Waals surface area contributed by atoms with Crippen molar-refractivity contribution in [3.8, 4) is 5.75 Å². The Morgan fingerprint density at radius 3 is 2.84 bits per heavy atom. The van der Waals surface area contributed by atoms with E-state index in [0.717, 1.165) is 11.3 Å². The largest absolute Gasteiger partial charge is 0.494 e. The Hall–Kier alpha value is -3.95. The molecule has 188 valence electrons. The molecule has 0 radical (unpaired) electrons. The molecule has 1 aliphatic heterocycles. The van der Waals surface area contributed by atoms with Gasteiger partial charge in [-0.1, -0.05) is 47.7 Å². The minimum Gasteiger partial charge on any atom is -0.494 e. The van der Waals surface area contributed by atoms with Gasteiger partial charge in [-0.2, -0.15) is 0 Å². The lowest BCUT2D eigenvalue weighted by atomic mass is 9.98. The fraction of sp³-hybridized carbons (Fsp3) is 0.185. The van der Waals surface area contributed by atoms with Crippen molar-refractivity contribution in [2.24, 2.45) is 0 Å². The van der Waals surface area contributed by atoms with Crippen LogP contribution in [0.25, 0.3) is 11.0 Å². The van der Waals surface area contributed by atoms with Crippen molar-refractivity contribution in [3.63, 3.8) is 0 Å². The molecule has 0 bridgehead atoms. The fourth-order valence-corrected chi connectivity index (χ4v) is 5.43. The van der Waals surface area contributed by atoms with Gasteiger partial charge in [-0.3, -0.25) is 14.5 Å². The Balaban J connectivity index is 1.72. The summed E-state index contributed by atoms with van der Waals surface area (Å²) >= 11 is 7.16. The van der Waals surface area contributed by atoms with E-state index in [4.69, 9.17) is 25.5 Å². The van der Waals surface area contributed by atoms with E-state index in [1.807, 2.05) is 6.92 Å². The number of benzene rings is 2. The van der Waals surface area contributed by atoms with Crippen molar-refractivity contribution in [2.45, 2.75) is 19.9 Å². The van der Waals surface area contributed by atoms with E-state index in [9.17, 15) is 14.4 Å². The van der Waals surface area contributed by atoms with Gasteiger partial charge in [0.15, 0.2) is 10.6 Å². The lowest BCUT2D eigenvalue weighted by Crippen LogP contribution is -2.29. The van der Waals surface area contributed by atoms with Crippen LogP contribution in [0.1, 0.15) is 50.0 Å². The van der Waals surface area contributed by atoms with E-state index in [-0.39, 0.29) is 44.3 Å². The van der Waals surface area contributed by atoms with Crippen molar-refractivity contribution in [1.29, 1.82) is 0 Å². The highest BCUT2D eigenvalue weighted by Crippen LogP contribution is 2.43. The van der Waals surface area contributed by atoms with Crippen LogP contribution in [-0.2, 0) is 4.74 Å². The molecular weight excluding hydrogens is 516 g/mol. The summed E-state index contributed by atoms with van der Waals surface area (Å²) in [5, 5.41) is 0.859. The molecule has 2 aromatic carbocycles. The van der Waals surface area contributed by atoms with Gasteiger partial charge in [0.1, 0.15) is 22.8 Å². The van der Waals surface area contributed by atoms with Crippen molar-refractivity contribution in [3.05, 3.63) is 97.8 Å². The van der Waals surface area contributed by atoms with Crippen molar-refractivity contribution in [2.75, 3.05) is 18.1 Å². The summed E-state index contributed by atoms with van der Waals surface area (Å²) in [6.45, 7) is 7.56. The standard InChI is InChI=1S/C27H21ClN2O6S/c1-4-11-35-26(33)24-14(3)29-27(37-24)30-21(15-7-6-8-17(12-15)34-5-2)20-22(31)18-13-16(28)9-10-19(18)36-23(20)25(30)32/h4,6-10,12-13,21H,1,5,11H2,2-3H3. The van der Waals surface area contributed by atoms with E-state index in [0.29, 0.717) is 28.6 Å². The molecule has 0 N–H and O–H groups in total. The topological polar surface area (TPSA) is 98.9 Å². The third-order valence-corrected chi connectivity index (χ3v) is 7.20. The van der Waals surface area contributed by atoms with Crippen molar-refractivity contribution < 1.29 is 23.5 Å². The Kier molecular flexibility index (Phi) is 6.57. The molecule has 3 heterocycles. The molecule has 1 aliphatic rings. The maximum absolute atomic E-state index is 13.8. The van der Waals surface area contributed by atoms with Crippen LogP contribution in [0.3, 0.4) is 0 Å². The second kappa shape index (κ2) is 9.84. The molecule has 0 spiro atoms. The van der Waals surface area contributed by atoms with E-state index >= 15 is 0 Å². The normalized spacial score (nSPS) is 14.6. The third kappa shape index (κ3) is 4.30. The molecule has 37 heavy (non-hydrogen) atoms. The van der Waals surface area contributed by atoms with Gasteiger partial charge in [0.2, 0.25) is 5.76 Å². The van der Waals surface area contributed by atoms with E-state index in [1.165, 1.54) is 17.0 Å². The number of amides is 1. The zero-order valence-electron chi connectivity index (χ0n) is 19.9. The zero-order chi connectivity index (χ0) is 26.3. The van der Waals surface area contributed by atoms with E-state index < -0.39 is 17.9 Å². The number of nitrogens with zero attached hydrogens (tertiary/aromatic N) is 2. The first-order valence-electron chi connectivity index (χ1n) is 11.4. The predicted octanol–water partition coefficient (Wildman–Crippen LogP) is 5.70. The number of esters is 1. The maximum atomic E-state index is 13.8. The second-order valence-electron chi connectivity index (χ2n) is 8.20. The highest BCUT2D eigenvalue weighted by atomic mass is 35.5. The van der Waals surface area contributed by atoms with Crippen molar-refractivity contribution >= 4 is 50.9 Å². The molecule has 5 rings (SSSR count). The van der Waals surface area contributed by atoms with Crippen LogP contribution < -0.4 is 15.1 Å². The number of hydrogen-bond acceptors (Lipinski definition) is 8. The number of aromatic nitrogens is 1. The van der Waals surface area contributed by atoms with Gasteiger partial charge in [0.25, 0.3) is 5.91 Å². The van der Waals surface area contributed by atoms with Crippen LogP contribution in [0.15, 0.2) is 64.3 Å². The summed E-state index contributed by atoms with van der Waals surface area (Å²) in [5.41, 5.74) is 1.05. The number of hydrogen-bond donors (Lipinski definition) is 0. The lowest BCUT2D eigenvalue weighted by molar-refractivity contribution is 0.0554. The number of anilines is 1. The molecule has 0 fully saturated rings. The first kappa shape index (κ1) is 24.7. The smallest absolute Gasteiger partial charge is 0.350 e. The molecule has 2 aromatic heterocycles. The van der Waals surface area contributed by atoms with Gasteiger partial charge in [0, 0.05) is 5.02 Å². The number of aryl methyl sites for hydroxylation is 1. The summed E-state index contributed by atoms with van der Waals surface area (Å²) in [4.78, 5) is 46.2. The summed E-state index contributed by atoms with van der Waals surface area (Å²) in [6.07, 6.45) is 1.46. The lowest BCUT2D eigenvalue weighted by Gasteiger charge is -2.23. The van der Waals surface area contributed by atoms with Gasteiger partial charge >= 0.3 is 5.97 Å². The highest BCUT2D eigenvalue weighted by molar-refractivity contribution is 7.17. The minimum absolute atomic E-state index is 0.0417. The molecule has 8 nitrogen and oxygen atoms in total. The van der Waals surface area contributed by atoms with Gasteiger partial charge in [0.05, 0.1) is 29.3 Å². The van der Waals surface area contributed by atoms with Gasteiger partial charge in [-0.25, -0.2) is 9.78 Å². The van der Waals surface area contributed by atoms with E-state index in [2.05, 4.69) is 11.6 Å². The molecular formula is C27H21ClN2O6S. The Labute approximate surface area is 220 Å². The molecule has 10 heteroatoms. The first-order chi connectivity index (χ1) is 17.8. The molecule has 4 aromatic rings. The number of carbonyl (C=O) groups is 2. The average molecular weight is 537 g/mol. The Bertz CT molecular complexity index is 1630. The fourth-order valence-electron chi connectivity index (χ4n) is 4.27. The number of ether oxygens (including phenoxy) is 2. The Morgan fingerprint density at radius 1 is 1.27 bits per heavy atom. The highest BCUT2D eigenvalue weighted by Gasteiger charge is 2.45. The minimum atomic E-state index is -0.870. The molecule has 0 aliphatic carbocycles. The van der Waals surface area contributed by atoms with Crippen LogP contribution in [0, 0.1) is 6.92 Å². The number of thiazole rings is 1. The van der Waals surface area contributed by atoms with Crippen LogP contribution in [-0.4, -0.2) is 30.1 Å². The monoisotopic (exact) mass is 536 g/mol. The summed E-state index contributed by atoms with van der Waals surface area (Å²) < 4.78 is 16.8. The molecule has 0 saturated heterocycles. The van der Waals surface area contributed by atoms with Gasteiger partial charge < -0.3 is 13.9 Å². The number of carbonyl (C=O) groups excluding carboxylic acids is 2. The zero-order valence-corrected chi connectivity index (χ0v) is 21.5. The van der Waals surface area contributed by atoms with Crippen LogP contribution in [0.4, 0.5) is 5.13 Å². The van der Waals surface area contributed by atoms with Gasteiger partial charge in [-0.15, -0.1) is 0 Å². The summed E-state index contributed by atoms with van der Waals surface area (Å²) in [6, 6.07) is 10.9. The number of fused-ring (bicyclic) bond motifs is 2. The SMILES string of the molecule is C=CCOC(=O)c1sc(N2C(=O)c3oc4ccc(Cl)cc4c(=O)c3C2c2cccc(OCC)c2)nc1C. The number of rotatable bonds is 7. The molecule has 1 atom stereocenters. The quantitative estimate of drug-likeness (QED) is 0.220. The molecule has 1 amide bonds.